The molecule has 0 atom stereocenters. The van der Waals surface area contributed by atoms with Gasteiger partial charge >= 0.3 is 0 Å². The van der Waals surface area contributed by atoms with Gasteiger partial charge in [0, 0.05) is 0 Å². The standard InChI is InChI=1S/C6H11N4O/c7-10(8,11)9-6-4-2-1-3-5-6/h1-5,9,11H,7-8H2/q+1. The Bertz CT molecular complexity index is 218. The first-order chi connectivity index (χ1) is 5.08. The summed E-state index contributed by atoms with van der Waals surface area (Å²) in [6.07, 6.45) is 0. The molecule has 5 heteroatoms. The molecule has 0 fully saturated rings. The monoisotopic (exact) mass is 155 g/mol. The molecule has 0 saturated carbocycles. The first kappa shape index (κ1) is 7.96. The maximum Gasteiger partial charge on any atom is 0.0930 e. The highest BCUT2D eigenvalue weighted by atomic mass is 16.7. The van der Waals surface area contributed by atoms with Gasteiger partial charge in [0.1, 0.15) is 0 Å². The van der Waals surface area contributed by atoms with Gasteiger partial charge < -0.3 is 0 Å². The Kier molecular flexibility index (Phi) is 2.06. The van der Waals surface area contributed by atoms with Crippen LogP contribution in [0.2, 0.25) is 0 Å². The summed E-state index contributed by atoms with van der Waals surface area (Å²) in [4.78, 5) is -1.26. The zero-order chi connectivity index (χ0) is 8.32. The molecule has 1 aromatic rings. The Hall–Kier alpha value is -1.14. The van der Waals surface area contributed by atoms with E-state index in [0.717, 1.165) is 0 Å². The van der Waals surface area contributed by atoms with Crippen LogP contribution in [0.3, 0.4) is 0 Å². The molecule has 0 aliphatic heterocycles. The summed E-state index contributed by atoms with van der Waals surface area (Å²) >= 11 is 0. The molecule has 0 saturated heterocycles. The largest absolute Gasteiger partial charge is 0.165 e. The molecule has 11 heavy (non-hydrogen) atoms. The second-order valence-electron chi connectivity index (χ2n) is 2.22. The van der Waals surface area contributed by atoms with E-state index < -0.39 is 4.97 Å². The Morgan fingerprint density at radius 1 is 1.18 bits per heavy atom. The molecular formula is C6H11N4O+. The molecule has 0 bridgehead atoms. The zero-order valence-electron chi connectivity index (χ0n) is 5.94. The third kappa shape index (κ3) is 2.96. The predicted octanol–water partition coefficient (Wildman–Crippen LogP) is -0.0331. The molecule has 0 heterocycles. The number of hydrogen-bond donors (Lipinski definition) is 4. The summed E-state index contributed by atoms with van der Waals surface area (Å²) in [5, 5.41) is 8.85. The minimum Gasteiger partial charge on any atom is -0.165 e. The summed E-state index contributed by atoms with van der Waals surface area (Å²) in [6, 6.07) is 8.94. The van der Waals surface area contributed by atoms with Crippen molar-refractivity contribution >= 4 is 5.69 Å². The van der Waals surface area contributed by atoms with Gasteiger partial charge in [0.05, 0.1) is 10.7 Å². The molecule has 6 N–H and O–H groups in total. The topological polar surface area (TPSA) is 84.3 Å². The Labute approximate surface area is 64.3 Å². The van der Waals surface area contributed by atoms with Crippen LogP contribution in [0, 0.1) is 0 Å². The summed E-state index contributed by atoms with van der Waals surface area (Å²) < 4.78 is 0. The van der Waals surface area contributed by atoms with E-state index in [9.17, 15) is 0 Å². The second kappa shape index (κ2) is 2.85. The Balaban J connectivity index is 2.66. The highest BCUT2D eigenvalue weighted by Gasteiger charge is 2.10. The summed E-state index contributed by atoms with van der Waals surface area (Å²) in [5.41, 5.74) is 3.08. The van der Waals surface area contributed by atoms with Crippen molar-refractivity contribution in [1.82, 2.24) is 0 Å². The van der Waals surface area contributed by atoms with Gasteiger partial charge in [-0.05, 0) is 12.1 Å². The van der Waals surface area contributed by atoms with Crippen molar-refractivity contribution in [3.05, 3.63) is 30.3 Å². The van der Waals surface area contributed by atoms with Crippen molar-refractivity contribution in [3.63, 3.8) is 0 Å². The summed E-state index contributed by atoms with van der Waals surface area (Å²) in [6.45, 7) is 0. The van der Waals surface area contributed by atoms with Crippen LogP contribution in [0.1, 0.15) is 0 Å². The lowest BCUT2D eigenvalue weighted by Crippen LogP contribution is -2.61. The summed E-state index contributed by atoms with van der Waals surface area (Å²) in [5.74, 6) is 10.1. The number of nitrogens with two attached hydrogens (primary N) is 2. The van der Waals surface area contributed by atoms with Crippen LogP contribution in [-0.4, -0.2) is 10.2 Å². The second-order valence-corrected chi connectivity index (χ2v) is 2.22. The fourth-order valence-electron chi connectivity index (χ4n) is 0.719. The van der Waals surface area contributed by atoms with Gasteiger partial charge in [-0.1, -0.05) is 18.2 Å². The lowest BCUT2D eigenvalue weighted by atomic mass is 10.3. The first-order valence-corrected chi connectivity index (χ1v) is 3.10. The molecule has 0 amide bonds. The average molecular weight is 155 g/mol. The van der Waals surface area contributed by atoms with Gasteiger partial charge in [-0.3, -0.25) is 0 Å². The number of anilines is 1. The number of benzene rings is 1. The minimum atomic E-state index is -1.26. The predicted molar refractivity (Wildman–Crippen MR) is 40.5 cm³/mol. The van der Waals surface area contributed by atoms with Crippen molar-refractivity contribution in [2.24, 2.45) is 11.7 Å². The van der Waals surface area contributed by atoms with Crippen molar-refractivity contribution in [2.45, 2.75) is 0 Å². The molecular weight excluding hydrogens is 144 g/mol. The SMILES string of the molecule is N[N+](N)(O)Nc1ccccc1. The fourth-order valence-corrected chi connectivity index (χ4v) is 0.719. The molecule has 5 nitrogen and oxygen atoms in total. The van der Waals surface area contributed by atoms with E-state index in [1.807, 2.05) is 6.07 Å². The number of nitrogens with one attached hydrogen (secondary N) is 1. The average Bonchev–Trinajstić information content (AvgIpc) is 1.85. The maximum atomic E-state index is 8.85. The van der Waals surface area contributed by atoms with Gasteiger partial charge in [0.25, 0.3) is 0 Å². The quantitative estimate of drug-likeness (QED) is 0.274. The molecule has 0 spiro atoms. The van der Waals surface area contributed by atoms with Crippen molar-refractivity contribution in [3.8, 4) is 0 Å². The van der Waals surface area contributed by atoms with Crippen LogP contribution in [0.15, 0.2) is 30.3 Å². The van der Waals surface area contributed by atoms with Crippen LogP contribution in [0.25, 0.3) is 0 Å². The lowest BCUT2D eigenvalue weighted by molar-refractivity contribution is -1.11. The van der Waals surface area contributed by atoms with E-state index in [-0.39, 0.29) is 0 Å². The van der Waals surface area contributed by atoms with Crippen LogP contribution in [0.5, 0.6) is 0 Å². The van der Waals surface area contributed by atoms with Crippen LogP contribution in [0.4, 0.5) is 5.69 Å². The van der Waals surface area contributed by atoms with E-state index in [1.54, 1.807) is 24.3 Å². The normalized spacial score (nSPS) is 11.2. The van der Waals surface area contributed by atoms with Gasteiger partial charge in [0.2, 0.25) is 0 Å². The molecule has 1 aromatic carbocycles. The zero-order valence-corrected chi connectivity index (χ0v) is 5.94. The van der Waals surface area contributed by atoms with Crippen molar-refractivity contribution < 1.29 is 10.2 Å². The van der Waals surface area contributed by atoms with Gasteiger partial charge in [0.15, 0.2) is 0 Å². The van der Waals surface area contributed by atoms with Gasteiger partial charge in [-0.2, -0.15) is 5.43 Å². The highest BCUT2D eigenvalue weighted by Crippen LogP contribution is 2.04. The Morgan fingerprint density at radius 3 is 2.18 bits per heavy atom. The van der Waals surface area contributed by atoms with Gasteiger partial charge in [-0.15, -0.1) is 16.9 Å². The lowest BCUT2D eigenvalue weighted by Gasteiger charge is -2.16. The van der Waals surface area contributed by atoms with Gasteiger partial charge in [-0.25, -0.2) is 0 Å². The van der Waals surface area contributed by atoms with E-state index in [1.165, 1.54) is 0 Å². The number of nitrogens with zero attached hydrogens (tertiary/aromatic N) is 1. The van der Waals surface area contributed by atoms with Crippen molar-refractivity contribution in [1.29, 1.82) is 0 Å². The molecule has 0 radical (unpaired) electrons. The highest BCUT2D eigenvalue weighted by molar-refractivity contribution is 5.39. The third-order valence-electron chi connectivity index (χ3n) is 1.08. The number of hydrogen-bond acceptors (Lipinski definition) is 4. The minimum absolute atomic E-state index is 0.653. The molecule has 0 aromatic heterocycles. The Morgan fingerprint density at radius 2 is 1.73 bits per heavy atom. The van der Waals surface area contributed by atoms with Crippen LogP contribution in [-0.2, 0) is 0 Å². The molecule has 0 unspecified atom stereocenters. The van der Waals surface area contributed by atoms with Crippen molar-refractivity contribution in [2.75, 3.05) is 5.43 Å². The fraction of sp³-hybridized carbons (Fsp3) is 0. The molecule has 0 aliphatic carbocycles. The number of para-hydroxylation sites is 1. The van der Waals surface area contributed by atoms with Crippen LogP contribution < -0.4 is 17.1 Å². The third-order valence-corrected chi connectivity index (χ3v) is 1.08. The van der Waals surface area contributed by atoms with E-state index in [2.05, 4.69) is 5.43 Å². The maximum absolute atomic E-state index is 8.85. The van der Waals surface area contributed by atoms with E-state index in [0.29, 0.717) is 5.69 Å². The first-order valence-electron chi connectivity index (χ1n) is 3.10. The molecule has 1 rings (SSSR count). The van der Waals surface area contributed by atoms with E-state index >= 15 is 0 Å². The number of rotatable bonds is 2. The molecule has 0 aliphatic rings. The summed E-state index contributed by atoms with van der Waals surface area (Å²) in [7, 11) is 0. The smallest absolute Gasteiger partial charge is 0.0930 e. The number of quaternary nitrogens is 1. The van der Waals surface area contributed by atoms with E-state index in [4.69, 9.17) is 16.9 Å². The van der Waals surface area contributed by atoms with Crippen LogP contribution >= 0.6 is 0 Å². The molecule has 60 valence electrons.